The average molecular weight is 217 g/mol. The molecule has 90 valence electrons. The Hall–Kier alpha value is -0.610. The van der Waals surface area contributed by atoms with E-state index in [0.717, 1.165) is 6.54 Å². The normalized spacial score (nSPS) is 17.3. The highest BCUT2D eigenvalue weighted by molar-refractivity contribution is 5.72. The van der Waals surface area contributed by atoms with Crippen molar-refractivity contribution in [3.05, 3.63) is 0 Å². The van der Waals surface area contributed by atoms with Crippen LogP contribution >= 0.6 is 0 Å². The third kappa shape index (κ3) is 5.14. The maximum atomic E-state index is 11.3. The van der Waals surface area contributed by atoms with Gasteiger partial charge in [-0.05, 0) is 27.3 Å². The third-order valence-electron chi connectivity index (χ3n) is 2.89. The van der Waals surface area contributed by atoms with Crippen molar-refractivity contribution in [1.82, 2.24) is 4.90 Å². The SMILES string of the molecule is COC(=O)C(C)C(C)N(C)CCC(C)O. The van der Waals surface area contributed by atoms with Crippen LogP contribution in [0.2, 0.25) is 0 Å². The zero-order valence-electron chi connectivity index (χ0n) is 10.4. The number of rotatable bonds is 6. The maximum absolute atomic E-state index is 11.3. The molecule has 0 radical (unpaired) electrons. The number of ether oxygens (including phenoxy) is 1. The monoisotopic (exact) mass is 217 g/mol. The first-order valence-corrected chi connectivity index (χ1v) is 5.36. The van der Waals surface area contributed by atoms with Gasteiger partial charge in [-0.1, -0.05) is 6.92 Å². The van der Waals surface area contributed by atoms with E-state index < -0.39 is 0 Å². The van der Waals surface area contributed by atoms with Crippen molar-refractivity contribution < 1.29 is 14.6 Å². The Morgan fingerprint density at radius 1 is 1.40 bits per heavy atom. The minimum Gasteiger partial charge on any atom is -0.469 e. The smallest absolute Gasteiger partial charge is 0.309 e. The summed E-state index contributed by atoms with van der Waals surface area (Å²) in [5.41, 5.74) is 0. The molecular weight excluding hydrogens is 194 g/mol. The van der Waals surface area contributed by atoms with Gasteiger partial charge < -0.3 is 14.7 Å². The van der Waals surface area contributed by atoms with Crippen LogP contribution in [-0.2, 0) is 9.53 Å². The van der Waals surface area contributed by atoms with Gasteiger partial charge in [0.25, 0.3) is 0 Å². The van der Waals surface area contributed by atoms with Gasteiger partial charge in [-0.25, -0.2) is 0 Å². The molecule has 3 unspecified atom stereocenters. The lowest BCUT2D eigenvalue weighted by molar-refractivity contribution is -0.146. The Labute approximate surface area is 92.2 Å². The number of esters is 1. The molecule has 0 aromatic rings. The number of methoxy groups -OCH3 is 1. The largest absolute Gasteiger partial charge is 0.469 e. The molecule has 15 heavy (non-hydrogen) atoms. The zero-order chi connectivity index (χ0) is 12.0. The highest BCUT2D eigenvalue weighted by atomic mass is 16.5. The van der Waals surface area contributed by atoms with Crippen molar-refractivity contribution in [2.45, 2.75) is 39.3 Å². The van der Waals surface area contributed by atoms with Crippen molar-refractivity contribution in [3.63, 3.8) is 0 Å². The molecule has 0 aromatic carbocycles. The molecular formula is C11H23NO3. The molecule has 3 atom stereocenters. The zero-order valence-corrected chi connectivity index (χ0v) is 10.4. The van der Waals surface area contributed by atoms with E-state index >= 15 is 0 Å². The molecule has 0 aliphatic heterocycles. The van der Waals surface area contributed by atoms with E-state index in [0.29, 0.717) is 6.42 Å². The Morgan fingerprint density at radius 2 is 1.93 bits per heavy atom. The van der Waals surface area contributed by atoms with Gasteiger partial charge in [0.05, 0.1) is 19.1 Å². The molecule has 0 fully saturated rings. The number of hydrogen-bond donors (Lipinski definition) is 1. The van der Waals surface area contributed by atoms with Crippen LogP contribution < -0.4 is 0 Å². The molecule has 0 aromatic heterocycles. The fourth-order valence-corrected chi connectivity index (χ4v) is 1.36. The van der Waals surface area contributed by atoms with Crippen LogP contribution in [0.15, 0.2) is 0 Å². The maximum Gasteiger partial charge on any atom is 0.309 e. The molecule has 4 nitrogen and oxygen atoms in total. The number of carbonyl (C=O) groups is 1. The van der Waals surface area contributed by atoms with Crippen molar-refractivity contribution in [1.29, 1.82) is 0 Å². The molecule has 0 aliphatic rings. The standard InChI is InChI=1S/C11H23NO3/c1-8(13)6-7-12(4)10(3)9(2)11(14)15-5/h8-10,13H,6-7H2,1-5H3. The highest BCUT2D eigenvalue weighted by Gasteiger charge is 2.23. The lowest BCUT2D eigenvalue weighted by Crippen LogP contribution is -2.39. The first-order valence-electron chi connectivity index (χ1n) is 5.36. The summed E-state index contributed by atoms with van der Waals surface area (Å²) < 4.78 is 4.69. The summed E-state index contributed by atoms with van der Waals surface area (Å²) >= 11 is 0. The minimum absolute atomic E-state index is 0.121. The Bertz CT molecular complexity index is 194. The van der Waals surface area contributed by atoms with Crippen LogP contribution in [0, 0.1) is 5.92 Å². The van der Waals surface area contributed by atoms with Crippen LogP contribution in [0.5, 0.6) is 0 Å². The summed E-state index contributed by atoms with van der Waals surface area (Å²) in [7, 11) is 3.35. The molecule has 0 spiro atoms. The number of carbonyl (C=O) groups excluding carboxylic acids is 1. The van der Waals surface area contributed by atoms with Crippen LogP contribution in [-0.4, -0.2) is 48.8 Å². The predicted octanol–water partition coefficient (Wildman–Crippen LogP) is 0.887. The van der Waals surface area contributed by atoms with Crippen molar-refractivity contribution in [2.24, 2.45) is 5.92 Å². The molecule has 0 amide bonds. The Morgan fingerprint density at radius 3 is 2.33 bits per heavy atom. The van der Waals surface area contributed by atoms with Crippen LogP contribution in [0.3, 0.4) is 0 Å². The van der Waals surface area contributed by atoms with Gasteiger partial charge in [0, 0.05) is 12.6 Å². The summed E-state index contributed by atoms with van der Waals surface area (Å²) in [6.45, 7) is 6.39. The molecule has 0 rings (SSSR count). The number of nitrogens with zero attached hydrogens (tertiary/aromatic N) is 1. The van der Waals surface area contributed by atoms with E-state index in [2.05, 4.69) is 4.90 Å². The Balaban J connectivity index is 4.06. The van der Waals surface area contributed by atoms with Gasteiger partial charge in [-0.3, -0.25) is 4.79 Å². The molecule has 4 heteroatoms. The van der Waals surface area contributed by atoms with Crippen molar-refractivity contribution in [2.75, 3.05) is 20.7 Å². The summed E-state index contributed by atoms with van der Waals surface area (Å²) in [5.74, 6) is -0.333. The number of hydrogen-bond acceptors (Lipinski definition) is 4. The van der Waals surface area contributed by atoms with Crippen molar-refractivity contribution >= 4 is 5.97 Å². The van der Waals surface area contributed by atoms with E-state index in [-0.39, 0.29) is 24.0 Å². The summed E-state index contributed by atoms with van der Waals surface area (Å²) in [6, 6.07) is 0.121. The van der Waals surface area contributed by atoms with Gasteiger partial charge in [0.1, 0.15) is 0 Å². The first kappa shape index (κ1) is 14.4. The average Bonchev–Trinajstić information content (AvgIpc) is 2.22. The number of aliphatic hydroxyl groups excluding tert-OH is 1. The van der Waals surface area contributed by atoms with Gasteiger partial charge in [-0.2, -0.15) is 0 Å². The Kier molecular flexibility index (Phi) is 6.52. The molecule has 0 saturated heterocycles. The fourth-order valence-electron chi connectivity index (χ4n) is 1.36. The third-order valence-corrected chi connectivity index (χ3v) is 2.89. The van der Waals surface area contributed by atoms with E-state index in [4.69, 9.17) is 9.84 Å². The molecule has 0 bridgehead atoms. The summed E-state index contributed by atoms with van der Waals surface area (Å²) in [5, 5.41) is 9.16. The van der Waals surface area contributed by atoms with Gasteiger partial charge in [-0.15, -0.1) is 0 Å². The quantitative estimate of drug-likeness (QED) is 0.671. The fraction of sp³-hybridized carbons (Fsp3) is 0.909. The van der Waals surface area contributed by atoms with E-state index in [1.807, 2.05) is 20.9 Å². The van der Waals surface area contributed by atoms with E-state index in [1.165, 1.54) is 7.11 Å². The van der Waals surface area contributed by atoms with Gasteiger partial charge in [0.2, 0.25) is 0 Å². The van der Waals surface area contributed by atoms with E-state index in [1.54, 1.807) is 6.92 Å². The predicted molar refractivity (Wildman–Crippen MR) is 59.6 cm³/mol. The second kappa shape index (κ2) is 6.80. The van der Waals surface area contributed by atoms with Crippen LogP contribution in [0.1, 0.15) is 27.2 Å². The molecule has 0 heterocycles. The molecule has 0 saturated carbocycles. The molecule has 0 aliphatic carbocycles. The van der Waals surface area contributed by atoms with Gasteiger partial charge >= 0.3 is 5.97 Å². The molecule has 1 N–H and O–H groups in total. The minimum atomic E-state index is -0.298. The van der Waals surface area contributed by atoms with E-state index in [9.17, 15) is 4.79 Å². The number of aliphatic hydroxyl groups is 1. The topological polar surface area (TPSA) is 49.8 Å². The first-order chi connectivity index (χ1) is 6.90. The van der Waals surface area contributed by atoms with Crippen LogP contribution in [0.25, 0.3) is 0 Å². The van der Waals surface area contributed by atoms with Crippen molar-refractivity contribution in [3.8, 4) is 0 Å². The summed E-state index contributed by atoms with van der Waals surface area (Å²) in [6.07, 6.45) is 0.419. The lowest BCUT2D eigenvalue weighted by Gasteiger charge is -2.28. The van der Waals surface area contributed by atoms with Crippen LogP contribution in [0.4, 0.5) is 0 Å². The summed E-state index contributed by atoms with van der Waals surface area (Å²) in [4.78, 5) is 13.4. The van der Waals surface area contributed by atoms with Gasteiger partial charge in [0.15, 0.2) is 0 Å². The second-order valence-electron chi connectivity index (χ2n) is 4.17. The highest BCUT2D eigenvalue weighted by Crippen LogP contribution is 2.11. The lowest BCUT2D eigenvalue weighted by atomic mass is 10.0. The second-order valence-corrected chi connectivity index (χ2v) is 4.17.